The molecular weight excluding hydrogens is 510 g/mol. The molecule has 0 bridgehead atoms. The molecule has 0 fully saturated rings. The Morgan fingerprint density at radius 3 is 2.24 bits per heavy atom. The smallest absolute Gasteiger partial charge is 0.335 e. The number of benzene rings is 3. The predicted octanol–water partition coefficient (Wildman–Crippen LogP) is 8.73. The summed E-state index contributed by atoms with van der Waals surface area (Å²) < 4.78 is 6.25. The van der Waals surface area contributed by atoms with Crippen LogP contribution < -0.4 is 4.90 Å². The number of fused-ring (bicyclic) bond motifs is 1. The molecular formula is C36H31NO4. The maximum Gasteiger partial charge on any atom is 0.335 e. The first kappa shape index (κ1) is 26.3. The van der Waals surface area contributed by atoms with Crippen molar-refractivity contribution in [1.82, 2.24) is 0 Å². The van der Waals surface area contributed by atoms with Gasteiger partial charge in [-0.15, -0.1) is 0 Å². The van der Waals surface area contributed by atoms with Crippen LogP contribution in [0.3, 0.4) is 0 Å². The molecule has 3 aliphatic rings. The maximum atomic E-state index is 14.6. The molecule has 6 rings (SSSR count). The monoisotopic (exact) mass is 541 g/mol. The number of hydrogen-bond acceptors (Lipinski definition) is 3. The van der Waals surface area contributed by atoms with Crippen LogP contribution in [-0.4, -0.2) is 17.0 Å². The van der Waals surface area contributed by atoms with Crippen molar-refractivity contribution >= 4 is 29.0 Å². The highest BCUT2D eigenvalue weighted by atomic mass is 16.4. The van der Waals surface area contributed by atoms with E-state index in [0.717, 1.165) is 29.5 Å². The van der Waals surface area contributed by atoms with Gasteiger partial charge in [-0.2, -0.15) is 0 Å². The Labute approximate surface area is 239 Å². The highest BCUT2D eigenvalue weighted by Crippen LogP contribution is 2.36. The molecule has 5 heteroatoms. The van der Waals surface area contributed by atoms with E-state index in [2.05, 4.69) is 30.3 Å². The zero-order chi connectivity index (χ0) is 28.2. The summed E-state index contributed by atoms with van der Waals surface area (Å²) in [7, 11) is 0. The molecule has 1 amide bonds. The lowest BCUT2D eigenvalue weighted by molar-refractivity contribution is -0.119. The van der Waals surface area contributed by atoms with Crippen molar-refractivity contribution in [2.24, 2.45) is 0 Å². The van der Waals surface area contributed by atoms with E-state index < -0.39 is 11.9 Å². The van der Waals surface area contributed by atoms with Crippen molar-refractivity contribution in [3.05, 3.63) is 138 Å². The van der Waals surface area contributed by atoms with Gasteiger partial charge in [-0.1, -0.05) is 72.8 Å². The first-order valence-electron chi connectivity index (χ1n) is 14.1. The molecule has 204 valence electrons. The number of anilines is 2. The van der Waals surface area contributed by atoms with Crippen LogP contribution in [-0.2, 0) is 11.2 Å². The summed E-state index contributed by atoms with van der Waals surface area (Å²) in [6.07, 6.45) is 7.34. The summed E-state index contributed by atoms with van der Waals surface area (Å²) in [5.74, 6) is -0.488. The minimum atomic E-state index is -0.975. The van der Waals surface area contributed by atoms with Gasteiger partial charge >= 0.3 is 5.97 Å². The van der Waals surface area contributed by atoms with Crippen LogP contribution in [0.25, 0.3) is 16.9 Å². The van der Waals surface area contributed by atoms with E-state index in [0.29, 0.717) is 23.8 Å². The second kappa shape index (κ2) is 11.7. The summed E-state index contributed by atoms with van der Waals surface area (Å²) in [6.45, 7) is 0. The molecule has 0 saturated heterocycles. The fourth-order valence-corrected chi connectivity index (χ4v) is 5.57. The molecule has 1 unspecified atom stereocenters. The minimum absolute atomic E-state index is 0.127. The van der Waals surface area contributed by atoms with E-state index in [-0.39, 0.29) is 11.5 Å². The number of carboxylic acids is 1. The van der Waals surface area contributed by atoms with Crippen molar-refractivity contribution in [2.75, 3.05) is 4.90 Å². The van der Waals surface area contributed by atoms with Crippen molar-refractivity contribution in [3.63, 3.8) is 0 Å². The molecule has 41 heavy (non-hydrogen) atoms. The Kier molecular flexibility index (Phi) is 7.50. The Morgan fingerprint density at radius 1 is 0.780 bits per heavy atom. The molecule has 1 heterocycles. The number of carboxylic acid groups (broad SMARTS) is 1. The van der Waals surface area contributed by atoms with Crippen molar-refractivity contribution in [3.8, 4) is 11.3 Å². The van der Waals surface area contributed by atoms with E-state index >= 15 is 0 Å². The van der Waals surface area contributed by atoms with E-state index in [4.69, 9.17) is 4.42 Å². The van der Waals surface area contributed by atoms with Gasteiger partial charge in [-0.3, -0.25) is 9.69 Å². The lowest BCUT2D eigenvalue weighted by atomic mass is 9.87. The normalized spacial score (nSPS) is 13.9. The molecule has 0 spiro atoms. The highest BCUT2D eigenvalue weighted by Gasteiger charge is 2.30. The SMILES string of the molecule is O=C(O)c1ccc(CC(C(=O)N(c2ccccc2)c2ccc3cccc-3o2)c2ccc(C3=CCCCC3)cc2)cc1. The minimum Gasteiger partial charge on any atom is -0.478 e. The highest BCUT2D eigenvalue weighted by molar-refractivity contribution is 6.03. The number of amides is 1. The third-order valence-electron chi connectivity index (χ3n) is 7.80. The van der Waals surface area contributed by atoms with Crippen LogP contribution in [0.1, 0.15) is 58.6 Å². The van der Waals surface area contributed by atoms with Crippen molar-refractivity contribution in [1.29, 1.82) is 0 Å². The van der Waals surface area contributed by atoms with Crippen LogP contribution in [0.2, 0.25) is 0 Å². The van der Waals surface area contributed by atoms with Crippen LogP contribution in [0.15, 0.2) is 120 Å². The van der Waals surface area contributed by atoms with Gasteiger partial charge in [0.2, 0.25) is 11.8 Å². The zero-order valence-electron chi connectivity index (χ0n) is 22.7. The summed E-state index contributed by atoms with van der Waals surface area (Å²) in [6, 6.07) is 34.2. The second-order valence-corrected chi connectivity index (χ2v) is 10.5. The summed E-state index contributed by atoms with van der Waals surface area (Å²) >= 11 is 0. The van der Waals surface area contributed by atoms with Gasteiger partial charge in [-0.25, -0.2) is 4.79 Å². The Balaban J connectivity index is 1.41. The van der Waals surface area contributed by atoms with E-state index in [9.17, 15) is 14.7 Å². The summed E-state index contributed by atoms with van der Waals surface area (Å²) in [5.41, 5.74) is 6.23. The van der Waals surface area contributed by atoms with Gasteiger partial charge < -0.3 is 9.52 Å². The number of allylic oxidation sites excluding steroid dienone is 2. The lowest BCUT2D eigenvalue weighted by Gasteiger charge is -2.27. The number of para-hydroxylation sites is 1. The van der Waals surface area contributed by atoms with Gasteiger partial charge in [0.15, 0.2) is 0 Å². The van der Waals surface area contributed by atoms with Gasteiger partial charge in [0.1, 0.15) is 5.76 Å². The molecule has 0 saturated carbocycles. The average molecular weight is 542 g/mol. The van der Waals surface area contributed by atoms with E-state index in [1.165, 1.54) is 24.0 Å². The zero-order valence-corrected chi connectivity index (χ0v) is 22.7. The molecule has 0 radical (unpaired) electrons. The van der Waals surface area contributed by atoms with E-state index in [1.54, 1.807) is 29.2 Å². The lowest BCUT2D eigenvalue weighted by Crippen LogP contribution is -2.32. The number of carbonyl (C=O) groups excluding carboxylic acids is 1. The standard InChI is InChI=1S/C36H31NO4/c38-35(37(31-11-5-2-6-12-31)34-23-22-29-10-7-13-33(29)41-34)32(24-25-14-16-30(17-15-25)36(39)40)28-20-18-27(19-21-28)26-8-3-1-4-9-26/h2,5-8,10-23,32H,1,3-4,9,24H2,(H,39,40). The van der Waals surface area contributed by atoms with Gasteiger partial charge in [-0.05, 0) is 90.8 Å². The molecule has 3 aromatic rings. The van der Waals surface area contributed by atoms with E-state index in [1.807, 2.05) is 60.7 Å². The maximum absolute atomic E-state index is 14.6. The third-order valence-corrected chi connectivity index (χ3v) is 7.80. The summed E-state index contributed by atoms with van der Waals surface area (Å²) in [4.78, 5) is 27.7. The van der Waals surface area contributed by atoms with Crippen LogP contribution in [0.4, 0.5) is 11.6 Å². The number of nitrogens with zero attached hydrogens (tertiary/aromatic N) is 1. The van der Waals surface area contributed by atoms with Crippen LogP contribution >= 0.6 is 0 Å². The molecule has 3 aromatic carbocycles. The molecule has 1 atom stereocenters. The van der Waals surface area contributed by atoms with Crippen molar-refractivity contribution < 1.29 is 19.1 Å². The summed E-state index contributed by atoms with van der Waals surface area (Å²) in [5, 5.41) is 9.37. The van der Waals surface area contributed by atoms with Crippen LogP contribution in [0.5, 0.6) is 0 Å². The quantitative estimate of drug-likeness (QED) is 0.213. The van der Waals surface area contributed by atoms with Gasteiger partial charge in [0, 0.05) is 11.6 Å². The molecule has 0 aromatic heterocycles. The number of hydrogen-bond donors (Lipinski definition) is 1. The van der Waals surface area contributed by atoms with Crippen molar-refractivity contribution in [2.45, 2.75) is 38.0 Å². The number of aromatic carboxylic acids is 1. The Hall–Kier alpha value is -4.90. The fraction of sp³-hybridized carbons (Fsp3) is 0.167. The molecule has 1 N–H and O–H groups in total. The molecule has 1 aliphatic heterocycles. The molecule has 5 nitrogen and oxygen atoms in total. The Bertz CT molecular complexity index is 1650. The van der Waals surface area contributed by atoms with Gasteiger partial charge in [0.05, 0.1) is 17.2 Å². The first-order chi connectivity index (χ1) is 20.1. The molecule has 2 aliphatic carbocycles. The third kappa shape index (κ3) is 5.71. The second-order valence-electron chi connectivity index (χ2n) is 10.5. The topological polar surface area (TPSA) is 70.8 Å². The fourth-order valence-electron chi connectivity index (χ4n) is 5.57. The predicted molar refractivity (Wildman–Crippen MR) is 162 cm³/mol. The average Bonchev–Trinajstić information content (AvgIpc) is 3.49. The Morgan fingerprint density at radius 2 is 1.54 bits per heavy atom. The number of carbonyl (C=O) groups is 2. The number of rotatable bonds is 8. The first-order valence-corrected chi connectivity index (χ1v) is 14.1. The largest absolute Gasteiger partial charge is 0.478 e. The van der Waals surface area contributed by atoms with Crippen LogP contribution in [0, 0.1) is 0 Å². The van der Waals surface area contributed by atoms with Gasteiger partial charge in [0.25, 0.3) is 0 Å².